The van der Waals surface area contributed by atoms with Crippen LogP contribution in [-0.2, 0) is 5.41 Å². The zero-order valence-corrected chi connectivity index (χ0v) is 30.7. The van der Waals surface area contributed by atoms with E-state index in [1.807, 2.05) is 29.5 Å². The monoisotopic (exact) mass is 707 g/mol. The van der Waals surface area contributed by atoms with Crippen molar-refractivity contribution in [3.05, 3.63) is 175 Å². The van der Waals surface area contributed by atoms with Crippen LogP contribution in [0.3, 0.4) is 0 Å². The summed E-state index contributed by atoms with van der Waals surface area (Å²) in [6.45, 7) is 4.62. The predicted molar refractivity (Wildman–Crippen MR) is 227 cm³/mol. The molecule has 0 saturated carbocycles. The molecule has 2 aromatic heterocycles. The highest BCUT2D eigenvalue weighted by Crippen LogP contribution is 2.50. The van der Waals surface area contributed by atoms with Crippen LogP contribution in [0.2, 0.25) is 0 Å². The second-order valence-corrected chi connectivity index (χ2v) is 15.8. The lowest BCUT2D eigenvalue weighted by Gasteiger charge is -2.21. The van der Waals surface area contributed by atoms with Crippen molar-refractivity contribution in [2.75, 3.05) is 0 Å². The summed E-state index contributed by atoms with van der Waals surface area (Å²) in [4.78, 5) is 15.4. The normalized spacial score (nSPS) is 13.1. The fourth-order valence-corrected chi connectivity index (χ4v) is 9.99. The van der Waals surface area contributed by atoms with Crippen molar-refractivity contribution in [2.45, 2.75) is 19.3 Å². The van der Waals surface area contributed by atoms with Gasteiger partial charge in [0.25, 0.3) is 0 Å². The molecule has 0 saturated heterocycles. The van der Waals surface area contributed by atoms with E-state index < -0.39 is 0 Å². The third kappa shape index (κ3) is 4.70. The highest BCUT2D eigenvalue weighted by Gasteiger charge is 2.35. The quantitative estimate of drug-likeness (QED) is 0.171. The fourth-order valence-electron chi connectivity index (χ4n) is 8.58. The molecule has 0 aliphatic heterocycles. The maximum atomic E-state index is 5.19. The predicted octanol–water partition coefficient (Wildman–Crippen LogP) is 13.5. The number of rotatable bonds is 4. The fraction of sp³-hybridized carbons (Fsp3) is 0.0600. The van der Waals surface area contributed by atoms with E-state index in [1.54, 1.807) is 0 Å². The lowest BCUT2D eigenvalue weighted by atomic mass is 9.82. The number of fused-ring (bicyclic) bond motifs is 10. The maximum Gasteiger partial charge on any atom is 0.164 e. The van der Waals surface area contributed by atoms with Crippen LogP contribution < -0.4 is 0 Å². The van der Waals surface area contributed by atoms with Gasteiger partial charge in [-0.25, -0.2) is 15.0 Å². The molecule has 10 aromatic rings. The van der Waals surface area contributed by atoms with Gasteiger partial charge in [-0.2, -0.15) is 0 Å². The Kier molecular flexibility index (Phi) is 6.77. The van der Waals surface area contributed by atoms with Crippen LogP contribution in [0.5, 0.6) is 0 Å². The number of hydrogen-bond acceptors (Lipinski definition) is 4. The lowest BCUT2D eigenvalue weighted by Crippen LogP contribution is -2.15. The molecule has 11 rings (SSSR count). The average molecular weight is 708 g/mol. The van der Waals surface area contributed by atoms with Gasteiger partial charge in [-0.15, -0.1) is 11.3 Å². The SMILES string of the molecule is CC1(C)c2ccccc2-c2ccc(-c3nc(-c4ccccc4)nc(-c4ccc5c(ccc6ccc7c8cccc(-c9ccccc9)c8sc7c65)c4)n3)cc21. The summed E-state index contributed by atoms with van der Waals surface area (Å²) in [5.41, 5.74) is 10.6. The van der Waals surface area contributed by atoms with Crippen LogP contribution in [0.15, 0.2) is 164 Å². The molecule has 54 heavy (non-hydrogen) atoms. The van der Waals surface area contributed by atoms with Gasteiger partial charge in [0.2, 0.25) is 0 Å². The summed E-state index contributed by atoms with van der Waals surface area (Å²) < 4.78 is 2.64. The smallest absolute Gasteiger partial charge is 0.164 e. The number of benzene rings is 8. The molecule has 8 aromatic carbocycles. The van der Waals surface area contributed by atoms with Crippen molar-refractivity contribution < 1.29 is 0 Å². The van der Waals surface area contributed by atoms with E-state index in [0.717, 1.165) is 22.1 Å². The van der Waals surface area contributed by atoms with Crippen LogP contribution in [-0.4, -0.2) is 15.0 Å². The molecule has 0 spiro atoms. The van der Waals surface area contributed by atoms with E-state index in [1.165, 1.54) is 69.7 Å². The summed E-state index contributed by atoms with van der Waals surface area (Å²) in [7, 11) is 0. The van der Waals surface area contributed by atoms with Gasteiger partial charge in [0, 0.05) is 47.7 Å². The van der Waals surface area contributed by atoms with Crippen LogP contribution in [0.1, 0.15) is 25.0 Å². The number of aromatic nitrogens is 3. The molecule has 1 aliphatic rings. The van der Waals surface area contributed by atoms with E-state index in [0.29, 0.717) is 17.5 Å². The number of thiophene rings is 1. The van der Waals surface area contributed by atoms with Crippen molar-refractivity contribution >= 4 is 53.1 Å². The first-order chi connectivity index (χ1) is 26.5. The molecule has 3 nitrogen and oxygen atoms in total. The maximum absolute atomic E-state index is 5.19. The molecule has 1 aliphatic carbocycles. The Labute approximate surface area is 317 Å². The van der Waals surface area contributed by atoms with Gasteiger partial charge in [-0.3, -0.25) is 0 Å². The van der Waals surface area contributed by atoms with E-state index in [-0.39, 0.29) is 5.41 Å². The van der Waals surface area contributed by atoms with Crippen molar-refractivity contribution in [1.29, 1.82) is 0 Å². The highest BCUT2D eigenvalue weighted by atomic mass is 32.1. The first-order valence-corrected chi connectivity index (χ1v) is 19.3. The first kappa shape index (κ1) is 31.1. The number of nitrogens with zero attached hydrogens (tertiary/aromatic N) is 3. The molecule has 0 unspecified atom stereocenters. The Morgan fingerprint density at radius 2 is 0.963 bits per heavy atom. The zero-order valence-electron chi connectivity index (χ0n) is 29.8. The van der Waals surface area contributed by atoms with Gasteiger partial charge >= 0.3 is 0 Å². The van der Waals surface area contributed by atoms with Gasteiger partial charge in [0.1, 0.15) is 0 Å². The Balaban J connectivity index is 1.08. The summed E-state index contributed by atoms with van der Waals surface area (Å²) in [6.07, 6.45) is 0. The van der Waals surface area contributed by atoms with E-state index in [4.69, 9.17) is 15.0 Å². The topological polar surface area (TPSA) is 38.7 Å². The molecule has 0 fully saturated rings. The molecular formula is C50H33N3S. The van der Waals surface area contributed by atoms with Crippen molar-refractivity contribution in [3.63, 3.8) is 0 Å². The van der Waals surface area contributed by atoms with Gasteiger partial charge in [-0.05, 0) is 61.7 Å². The molecule has 4 heteroatoms. The van der Waals surface area contributed by atoms with Crippen molar-refractivity contribution in [1.82, 2.24) is 15.0 Å². The first-order valence-electron chi connectivity index (χ1n) is 18.4. The van der Waals surface area contributed by atoms with Crippen LogP contribution in [0.4, 0.5) is 0 Å². The number of hydrogen-bond donors (Lipinski definition) is 0. The summed E-state index contributed by atoms with van der Waals surface area (Å²) >= 11 is 1.90. The van der Waals surface area contributed by atoms with E-state index in [9.17, 15) is 0 Å². The van der Waals surface area contributed by atoms with Gasteiger partial charge in [0.05, 0.1) is 0 Å². The minimum atomic E-state index is -0.121. The van der Waals surface area contributed by atoms with Crippen molar-refractivity contribution in [3.8, 4) is 56.4 Å². The Morgan fingerprint density at radius 1 is 0.389 bits per heavy atom. The molecule has 0 amide bonds. The molecule has 0 bridgehead atoms. The van der Waals surface area contributed by atoms with Crippen molar-refractivity contribution in [2.24, 2.45) is 0 Å². The van der Waals surface area contributed by atoms with E-state index >= 15 is 0 Å². The Hall–Kier alpha value is -6.49. The summed E-state index contributed by atoms with van der Waals surface area (Å²) in [5.74, 6) is 2.00. The van der Waals surface area contributed by atoms with Gasteiger partial charge in [-0.1, -0.05) is 166 Å². The van der Waals surface area contributed by atoms with Crippen LogP contribution in [0, 0.1) is 0 Å². The minimum Gasteiger partial charge on any atom is -0.208 e. The average Bonchev–Trinajstić information content (AvgIpc) is 3.73. The standard InChI is InChI=1S/C50H33N3S/c1-50(2)42-19-10-9-16-38(42)39-26-24-35(29-43(39)50)49-52-47(32-14-7-4-8-15-32)51-48(53-49)34-23-25-36-33(28-34)21-20-31-22-27-41-40-18-11-17-37(30-12-5-3-6-13-30)45(40)54-46(41)44(31)36/h3-29H,1-2H3. The minimum absolute atomic E-state index is 0.121. The largest absolute Gasteiger partial charge is 0.208 e. The third-order valence-electron chi connectivity index (χ3n) is 11.3. The Bertz CT molecular complexity index is 3120. The van der Waals surface area contributed by atoms with Crippen LogP contribution >= 0.6 is 11.3 Å². The van der Waals surface area contributed by atoms with Gasteiger partial charge in [0.15, 0.2) is 17.5 Å². The third-order valence-corrected chi connectivity index (χ3v) is 12.6. The van der Waals surface area contributed by atoms with E-state index in [2.05, 4.69) is 159 Å². The summed E-state index contributed by atoms with van der Waals surface area (Å²) in [6, 6.07) is 58.8. The molecule has 0 atom stereocenters. The second kappa shape index (κ2) is 11.8. The molecule has 0 N–H and O–H groups in total. The van der Waals surface area contributed by atoms with Crippen LogP contribution in [0.25, 0.3) is 98.1 Å². The molecule has 2 heterocycles. The summed E-state index contributed by atoms with van der Waals surface area (Å²) in [5, 5.41) is 7.52. The zero-order chi connectivity index (χ0) is 36.0. The van der Waals surface area contributed by atoms with Gasteiger partial charge < -0.3 is 0 Å². The molecular weight excluding hydrogens is 675 g/mol. The lowest BCUT2D eigenvalue weighted by molar-refractivity contribution is 0.660. The molecule has 254 valence electrons. The molecule has 0 radical (unpaired) electrons. The second-order valence-electron chi connectivity index (χ2n) is 14.8. The highest BCUT2D eigenvalue weighted by molar-refractivity contribution is 7.27. The Morgan fingerprint density at radius 3 is 1.76 bits per heavy atom.